The largest absolute Gasteiger partial charge is 0.480 e. The number of hydrogen-bond donors (Lipinski definition) is 1. The smallest absolute Gasteiger partial charge is 0.325 e. The van der Waals surface area contributed by atoms with Gasteiger partial charge in [0.2, 0.25) is 0 Å². The molecule has 0 amide bonds. The Kier molecular flexibility index (Phi) is 2.96. The molecular formula is C9H14N4O2. The number of carbonyl (C=O) groups is 1. The highest BCUT2D eigenvalue weighted by Gasteiger charge is 2.13. The molecule has 2 heterocycles. The number of carboxylic acid groups (broad SMARTS) is 1. The second kappa shape index (κ2) is 4.39. The van der Waals surface area contributed by atoms with Crippen LogP contribution in [0.1, 0.15) is 18.5 Å². The van der Waals surface area contributed by atoms with E-state index >= 15 is 0 Å². The first-order valence-electron chi connectivity index (χ1n) is 5.07. The molecule has 0 spiro atoms. The SMILES string of the molecule is O=C(O)Cn1cc(CN2CCCC2)nn1. The normalized spacial score (nSPS) is 17.1. The summed E-state index contributed by atoms with van der Waals surface area (Å²) < 4.78 is 1.35. The average molecular weight is 210 g/mol. The summed E-state index contributed by atoms with van der Waals surface area (Å²) in [7, 11) is 0. The van der Waals surface area contributed by atoms with E-state index in [-0.39, 0.29) is 6.54 Å². The van der Waals surface area contributed by atoms with Crippen molar-refractivity contribution in [1.29, 1.82) is 0 Å². The quantitative estimate of drug-likeness (QED) is 0.755. The first kappa shape index (κ1) is 10.1. The van der Waals surface area contributed by atoms with Gasteiger partial charge in [0, 0.05) is 6.54 Å². The molecule has 0 unspecified atom stereocenters. The molecule has 1 fully saturated rings. The predicted octanol–water partition coefficient (Wildman–Crippen LogP) is -0.0415. The maximum atomic E-state index is 10.4. The molecule has 1 aromatic heterocycles. The molecule has 0 saturated carbocycles. The Balaban J connectivity index is 1.91. The van der Waals surface area contributed by atoms with Gasteiger partial charge in [-0.2, -0.15) is 0 Å². The van der Waals surface area contributed by atoms with Crippen molar-refractivity contribution in [3.05, 3.63) is 11.9 Å². The van der Waals surface area contributed by atoms with Crippen molar-refractivity contribution in [1.82, 2.24) is 19.9 Å². The lowest BCUT2D eigenvalue weighted by molar-refractivity contribution is -0.137. The Morgan fingerprint density at radius 3 is 2.87 bits per heavy atom. The number of nitrogens with zero attached hydrogens (tertiary/aromatic N) is 4. The van der Waals surface area contributed by atoms with Crippen molar-refractivity contribution in [3.8, 4) is 0 Å². The summed E-state index contributed by atoms with van der Waals surface area (Å²) in [5, 5.41) is 16.3. The zero-order valence-electron chi connectivity index (χ0n) is 8.46. The number of likely N-dealkylation sites (tertiary alicyclic amines) is 1. The Bertz CT molecular complexity index is 344. The molecule has 0 bridgehead atoms. The lowest BCUT2D eigenvalue weighted by Crippen LogP contribution is -2.18. The molecule has 1 N–H and O–H groups in total. The van der Waals surface area contributed by atoms with Gasteiger partial charge in [0.05, 0.1) is 11.9 Å². The number of hydrogen-bond acceptors (Lipinski definition) is 4. The Labute approximate surface area is 87.5 Å². The topological polar surface area (TPSA) is 71.2 Å². The number of carboxylic acids is 1. The summed E-state index contributed by atoms with van der Waals surface area (Å²) in [5.74, 6) is -0.896. The van der Waals surface area contributed by atoms with Crippen LogP contribution in [0.4, 0.5) is 0 Å². The van der Waals surface area contributed by atoms with E-state index in [9.17, 15) is 4.79 Å². The van der Waals surface area contributed by atoms with Gasteiger partial charge in [0.1, 0.15) is 6.54 Å². The van der Waals surface area contributed by atoms with Crippen molar-refractivity contribution in [3.63, 3.8) is 0 Å². The fraction of sp³-hybridized carbons (Fsp3) is 0.667. The molecule has 0 atom stereocenters. The Hall–Kier alpha value is -1.43. The third-order valence-corrected chi connectivity index (χ3v) is 2.47. The standard InChI is InChI=1S/C9H14N4O2/c14-9(15)7-13-6-8(10-11-13)5-12-3-1-2-4-12/h6H,1-5,7H2,(H,14,15). The van der Waals surface area contributed by atoms with Gasteiger partial charge < -0.3 is 5.11 Å². The van der Waals surface area contributed by atoms with Crippen molar-refractivity contribution in [2.75, 3.05) is 13.1 Å². The number of rotatable bonds is 4. The van der Waals surface area contributed by atoms with E-state index in [0.29, 0.717) is 0 Å². The minimum atomic E-state index is -0.896. The maximum absolute atomic E-state index is 10.4. The minimum Gasteiger partial charge on any atom is -0.480 e. The van der Waals surface area contributed by atoms with Crippen LogP contribution >= 0.6 is 0 Å². The number of aliphatic carboxylic acids is 1. The molecule has 0 radical (unpaired) electrons. The summed E-state index contributed by atoms with van der Waals surface area (Å²) in [5.41, 5.74) is 0.846. The van der Waals surface area contributed by atoms with Gasteiger partial charge in [-0.15, -0.1) is 5.10 Å². The van der Waals surface area contributed by atoms with Crippen LogP contribution in [-0.4, -0.2) is 44.1 Å². The van der Waals surface area contributed by atoms with Crippen LogP contribution in [0.15, 0.2) is 6.20 Å². The van der Waals surface area contributed by atoms with Crippen LogP contribution in [0.3, 0.4) is 0 Å². The van der Waals surface area contributed by atoms with Gasteiger partial charge in [-0.05, 0) is 25.9 Å². The zero-order chi connectivity index (χ0) is 10.7. The molecule has 2 rings (SSSR count). The fourth-order valence-corrected chi connectivity index (χ4v) is 1.80. The first-order valence-corrected chi connectivity index (χ1v) is 5.07. The number of aromatic nitrogens is 3. The lowest BCUT2D eigenvalue weighted by Gasteiger charge is -2.11. The van der Waals surface area contributed by atoms with Crippen molar-refractivity contribution in [2.45, 2.75) is 25.9 Å². The molecule has 82 valence electrons. The Morgan fingerprint density at radius 2 is 2.20 bits per heavy atom. The van der Waals surface area contributed by atoms with Crippen molar-refractivity contribution in [2.24, 2.45) is 0 Å². The summed E-state index contributed by atoms with van der Waals surface area (Å²) >= 11 is 0. The average Bonchev–Trinajstić information content (AvgIpc) is 2.77. The van der Waals surface area contributed by atoms with E-state index in [1.54, 1.807) is 6.20 Å². The summed E-state index contributed by atoms with van der Waals surface area (Å²) in [6, 6.07) is 0. The van der Waals surface area contributed by atoms with Gasteiger partial charge in [0.25, 0.3) is 0 Å². The van der Waals surface area contributed by atoms with Crippen LogP contribution in [0.2, 0.25) is 0 Å². The molecular weight excluding hydrogens is 196 g/mol. The highest BCUT2D eigenvalue weighted by atomic mass is 16.4. The van der Waals surface area contributed by atoms with Crippen molar-refractivity contribution < 1.29 is 9.90 Å². The summed E-state index contributed by atoms with van der Waals surface area (Å²) in [6.45, 7) is 2.87. The lowest BCUT2D eigenvalue weighted by atomic mass is 10.4. The van der Waals surface area contributed by atoms with Gasteiger partial charge >= 0.3 is 5.97 Å². The van der Waals surface area contributed by atoms with Crippen LogP contribution in [-0.2, 0) is 17.9 Å². The maximum Gasteiger partial charge on any atom is 0.325 e. The molecule has 1 aliphatic heterocycles. The highest BCUT2D eigenvalue weighted by molar-refractivity contribution is 5.66. The predicted molar refractivity (Wildman–Crippen MR) is 52.2 cm³/mol. The van der Waals surface area contributed by atoms with Gasteiger partial charge in [0.15, 0.2) is 0 Å². The molecule has 6 nitrogen and oxygen atoms in total. The third-order valence-electron chi connectivity index (χ3n) is 2.47. The van der Waals surface area contributed by atoms with Crippen LogP contribution in [0.5, 0.6) is 0 Å². The minimum absolute atomic E-state index is 0.118. The second-order valence-corrected chi connectivity index (χ2v) is 3.78. The monoisotopic (exact) mass is 210 g/mol. The van der Waals surface area contributed by atoms with Gasteiger partial charge in [-0.3, -0.25) is 9.69 Å². The van der Waals surface area contributed by atoms with Crippen LogP contribution < -0.4 is 0 Å². The van der Waals surface area contributed by atoms with E-state index in [0.717, 1.165) is 25.3 Å². The highest BCUT2D eigenvalue weighted by Crippen LogP contribution is 2.10. The molecule has 15 heavy (non-hydrogen) atoms. The fourth-order valence-electron chi connectivity index (χ4n) is 1.80. The van der Waals surface area contributed by atoms with Crippen LogP contribution in [0, 0.1) is 0 Å². The zero-order valence-corrected chi connectivity index (χ0v) is 8.46. The first-order chi connectivity index (χ1) is 7.24. The summed E-state index contributed by atoms with van der Waals surface area (Å²) in [4.78, 5) is 12.7. The molecule has 1 aromatic rings. The molecule has 0 aliphatic carbocycles. The van der Waals surface area contributed by atoms with Gasteiger partial charge in [-0.1, -0.05) is 5.21 Å². The third kappa shape index (κ3) is 2.76. The van der Waals surface area contributed by atoms with E-state index in [2.05, 4.69) is 15.2 Å². The molecule has 0 aromatic carbocycles. The van der Waals surface area contributed by atoms with E-state index < -0.39 is 5.97 Å². The second-order valence-electron chi connectivity index (χ2n) is 3.78. The molecule has 1 saturated heterocycles. The summed E-state index contributed by atoms with van der Waals surface area (Å²) in [6.07, 6.45) is 4.18. The molecule has 1 aliphatic rings. The van der Waals surface area contributed by atoms with Crippen LogP contribution in [0.25, 0.3) is 0 Å². The Morgan fingerprint density at radius 1 is 1.47 bits per heavy atom. The molecule has 6 heteroatoms. The van der Waals surface area contributed by atoms with Crippen molar-refractivity contribution >= 4 is 5.97 Å². The van der Waals surface area contributed by atoms with E-state index in [1.165, 1.54) is 17.5 Å². The van der Waals surface area contributed by atoms with E-state index in [1.807, 2.05) is 0 Å². The van der Waals surface area contributed by atoms with E-state index in [4.69, 9.17) is 5.11 Å². The van der Waals surface area contributed by atoms with Gasteiger partial charge in [-0.25, -0.2) is 4.68 Å².